The highest BCUT2D eigenvalue weighted by Gasteiger charge is 2.25. The van der Waals surface area contributed by atoms with Crippen LogP contribution < -0.4 is 10.1 Å². The maximum absolute atomic E-state index is 13.3. The van der Waals surface area contributed by atoms with Gasteiger partial charge in [-0.15, -0.1) is 0 Å². The van der Waals surface area contributed by atoms with Crippen molar-refractivity contribution in [3.8, 4) is 16.9 Å². The van der Waals surface area contributed by atoms with E-state index in [2.05, 4.69) is 17.3 Å². The molecule has 1 N–H and O–H groups in total. The summed E-state index contributed by atoms with van der Waals surface area (Å²) in [6.45, 7) is 5.96. The standard InChI is InChI=1S/C34H40N2O6S/c1-3-40-18-19-42-32-6-4-5-26(23-32)27-9-12-33-29(21-27)22-28(15-20-43(33,38)39)34(37)35-30-10-7-25(8-11-30)24-36(2)31-13-16-41-17-14-31/h4-12,21-23,31H,3,13-20,24H2,1-2H3,(H,35,37). The quantitative estimate of drug-likeness (QED) is 0.286. The maximum Gasteiger partial charge on any atom is 0.251 e. The van der Waals surface area contributed by atoms with Crippen molar-refractivity contribution in [2.75, 3.05) is 51.2 Å². The molecule has 0 aromatic heterocycles. The van der Waals surface area contributed by atoms with Crippen LogP contribution in [0, 0.1) is 0 Å². The van der Waals surface area contributed by atoms with Gasteiger partial charge in [0.25, 0.3) is 5.91 Å². The lowest BCUT2D eigenvalue weighted by atomic mass is 10.0. The van der Waals surface area contributed by atoms with E-state index in [1.54, 1.807) is 18.2 Å². The summed E-state index contributed by atoms with van der Waals surface area (Å²) in [6.07, 6.45) is 3.92. The van der Waals surface area contributed by atoms with E-state index in [4.69, 9.17) is 14.2 Å². The van der Waals surface area contributed by atoms with Crippen molar-refractivity contribution in [1.29, 1.82) is 0 Å². The molecule has 8 nitrogen and oxygen atoms in total. The van der Waals surface area contributed by atoms with Gasteiger partial charge < -0.3 is 19.5 Å². The van der Waals surface area contributed by atoms with Gasteiger partial charge in [-0.3, -0.25) is 9.69 Å². The van der Waals surface area contributed by atoms with Crippen LogP contribution in [0.5, 0.6) is 5.75 Å². The average Bonchev–Trinajstić information content (AvgIpc) is 3.16. The molecule has 0 aliphatic carbocycles. The minimum atomic E-state index is -3.55. The third-order valence-corrected chi connectivity index (χ3v) is 9.72. The highest BCUT2D eigenvalue weighted by atomic mass is 32.2. The first-order valence-electron chi connectivity index (χ1n) is 14.9. The van der Waals surface area contributed by atoms with Gasteiger partial charge in [-0.25, -0.2) is 8.42 Å². The molecule has 5 rings (SSSR count). The van der Waals surface area contributed by atoms with Crippen LogP contribution in [0.2, 0.25) is 0 Å². The highest BCUT2D eigenvalue weighted by molar-refractivity contribution is 7.91. The Labute approximate surface area is 254 Å². The van der Waals surface area contributed by atoms with E-state index in [0.29, 0.717) is 48.4 Å². The van der Waals surface area contributed by atoms with Crippen molar-refractivity contribution in [2.45, 2.75) is 43.7 Å². The minimum Gasteiger partial charge on any atom is -0.491 e. The fraction of sp³-hybridized carbons (Fsp3) is 0.382. The average molecular weight is 605 g/mol. The number of ether oxygens (including phenoxy) is 3. The number of nitrogens with zero attached hydrogens (tertiary/aromatic N) is 1. The molecule has 1 amide bonds. The second-order valence-corrected chi connectivity index (χ2v) is 13.1. The molecule has 3 aromatic rings. The summed E-state index contributed by atoms with van der Waals surface area (Å²) in [6, 6.07) is 21.3. The Balaban J connectivity index is 1.30. The molecule has 43 heavy (non-hydrogen) atoms. The topological polar surface area (TPSA) is 94.2 Å². The van der Waals surface area contributed by atoms with Crippen LogP contribution in [0.3, 0.4) is 0 Å². The van der Waals surface area contributed by atoms with Gasteiger partial charge in [-0.05, 0) is 98.0 Å². The summed E-state index contributed by atoms with van der Waals surface area (Å²) in [5, 5.41) is 2.96. The molecule has 0 spiro atoms. The van der Waals surface area contributed by atoms with Gasteiger partial charge >= 0.3 is 0 Å². The number of carbonyl (C=O) groups is 1. The number of sulfone groups is 1. The Bertz CT molecular complexity index is 1550. The maximum atomic E-state index is 13.3. The molecule has 2 aliphatic heterocycles. The summed E-state index contributed by atoms with van der Waals surface area (Å²) >= 11 is 0. The predicted octanol–water partition coefficient (Wildman–Crippen LogP) is 5.58. The van der Waals surface area contributed by atoms with E-state index in [9.17, 15) is 13.2 Å². The van der Waals surface area contributed by atoms with Gasteiger partial charge in [0.15, 0.2) is 9.84 Å². The molecule has 1 fully saturated rings. The summed E-state index contributed by atoms with van der Waals surface area (Å²) in [4.78, 5) is 15.9. The third kappa shape index (κ3) is 8.12. The molecular weight excluding hydrogens is 564 g/mol. The van der Waals surface area contributed by atoms with Crippen molar-refractivity contribution in [3.05, 3.63) is 83.4 Å². The van der Waals surface area contributed by atoms with Gasteiger partial charge in [0, 0.05) is 43.7 Å². The number of anilines is 1. The molecular formula is C34H40N2O6S. The van der Waals surface area contributed by atoms with E-state index in [1.165, 1.54) is 0 Å². The van der Waals surface area contributed by atoms with Gasteiger partial charge in [-0.1, -0.05) is 30.3 Å². The van der Waals surface area contributed by atoms with Crippen LogP contribution >= 0.6 is 0 Å². The van der Waals surface area contributed by atoms with Gasteiger partial charge in [0.1, 0.15) is 12.4 Å². The molecule has 0 unspecified atom stereocenters. The Morgan fingerprint density at radius 2 is 1.77 bits per heavy atom. The zero-order chi connectivity index (χ0) is 30.2. The number of hydrogen-bond donors (Lipinski definition) is 1. The molecule has 1 saturated heterocycles. The molecule has 0 bridgehead atoms. The summed E-state index contributed by atoms with van der Waals surface area (Å²) in [5.74, 6) is 0.279. The molecule has 9 heteroatoms. The van der Waals surface area contributed by atoms with Crippen molar-refractivity contribution in [1.82, 2.24) is 4.90 Å². The smallest absolute Gasteiger partial charge is 0.251 e. The Hall–Kier alpha value is -3.50. The number of amides is 1. The monoisotopic (exact) mass is 604 g/mol. The van der Waals surface area contributed by atoms with Crippen LogP contribution in [0.4, 0.5) is 5.69 Å². The molecule has 2 aliphatic rings. The van der Waals surface area contributed by atoms with Crippen LogP contribution in [0.1, 0.15) is 37.3 Å². The van der Waals surface area contributed by atoms with Crippen molar-refractivity contribution >= 4 is 27.5 Å². The number of fused-ring (bicyclic) bond motifs is 1. The summed E-state index contributed by atoms with van der Waals surface area (Å²) in [7, 11) is -1.42. The van der Waals surface area contributed by atoms with Gasteiger partial charge in [-0.2, -0.15) is 0 Å². The highest BCUT2D eigenvalue weighted by Crippen LogP contribution is 2.32. The lowest BCUT2D eigenvalue weighted by molar-refractivity contribution is -0.112. The fourth-order valence-corrected chi connectivity index (χ4v) is 6.95. The van der Waals surface area contributed by atoms with Crippen LogP contribution in [0.25, 0.3) is 17.2 Å². The SMILES string of the molecule is CCOCCOc1cccc(-c2ccc3c(c2)C=C(C(=O)Nc2ccc(CN(C)C4CCOCC4)cc2)CCS3(=O)=O)c1. The summed E-state index contributed by atoms with van der Waals surface area (Å²) < 4.78 is 42.9. The van der Waals surface area contributed by atoms with E-state index in [-0.39, 0.29) is 23.0 Å². The molecule has 228 valence electrons. The molecule has 2 heterocycles. The van der Waals surface area contributed by atoms with Crippen LogP contribution in [-0.2, 0) is 30.7 Å². The van der Waals surface area contributed by atoms with Gasteiger partial charge in [0.2, 0.25) is 0 Å². The zero-order valence-corrected chi connectivity index (χ0v) is 25.7. The normalized spacial score (nSPS) is 16.7. The molecule has 0 saturated carbocycles. The number of nitrogens with one attached hydrogen (secondary N) is 1. The Morgan fingerprint density at radius 1 is 1.00 bits per heavy atom. The lowest BCUT2D eigenvalue weighted by Crippen LogP contribution is -2.36. The Morgan fingerprint density at radius 3 is 2.53 bits per heavy atom. The van der Waals surface area contributed by atoms with Crippen LogP contribution in [-0.4, -0.2) is 71.1 Å². The first-order chi connectivity index (χ1) is 20.8. The van der Waals surface area contributed by atoms with Crippen molar-refractivity contribution in [2.24, 2.45) is 0 Å². The lowest BCUT2D eigenvalue weighted by Gasteiger charge is -2.31. The third-order valence-electron chi connectivity index (χ3n) is 7.93. The van der Waals surface area contributed by atoms with E-state index >= 15 is 0 Å². The summed E-state index contributed by atoms with van der Waals surface area (Å²) in [5.41, 5.74) is 4.50. The fourth-order valence-electron chi connectivity index (χ4n) is 5.49. The van der Waals surface area contributed by atoms with E-state index in [0.717, 1.165) is 49.3 Å². The van der Waals surface area contributed by atoms with Crippen molar-refractivity contribution in [3.63, 3.8) is 0 Å². The number of hydrogen-bond acceptors (Lipinski definition) is 7. The molecule has 0 atom stereocenters. The predicted molar refractivity (Wildman–Crippen MR) is 169 cm³/mol. The number of benzene rings is 3. The van der Waals surface area contributed by atoms with Crippen LogP contribution in [0.15, 0.2) is 77.2 Å². The minimum absolute atomic E-state index is 0.126. The van der Waals surface area contributed by atoms with Crippen molar-refractivity contribution < 1.29 is 27.4 Å². The zero-order valence-electron chi connectivity index (χ0n) is 24.9. The van der Waals surface area contributed by atoms with Gasteiger partial charge in [0.05, 0.1) is 17.3 Å². The first kappa shape index (κ1) is 30.9. The Kier molecular flexibility index (Phi) is 10.3. The second kappa shape index (κ2) is 14.3. The first-order valence-corrected chi connectivity index (χ1v) is 16.5. The van der Waals surface area contributed by atoms with E-state index in [1.807, 2.05) is 61.5 Å². The largest absolute Gasteiger partial charge is 0.491 e. The number of carbonyl (C=O) groups excluding carboxylic acids is 1. The molecule has 0 radical (unpaired) electrons. The number of rotatable bonds is 11. The molecule has 3 aromatic carbocycles. The van der Waals surface area contributed by atoms with E-state index < -0.39 is 9.84 Å². The second-order valence-electron chi connectivity index (χ2n) is 11.0.